The van der Waals surface area contributed by atoms with Crippen LogP contribution in [0.15, 0.2) is 36.7 Å². The van der Waals surface area contributed by atoms with Crippen molar-refractivity contribution in [1.29, 1.82) is 0 Å². The van der Waals surface area contributed by atoms with E-state index < -0.39 is 6.10 Å². The van der Waals surface area contributed by atoms with Gasteiger partial charge in [0.05, 0.1) is 22.7 Å². The molecule has 0 aliphatic heterocycles. The van der Waals surface area contributed by atoms with E-state index in [0.29, 0.717) is 29.4 Å². The minimum atomic E-state index is -0.744. The van der Waals surface area contributed by atoms with Gasteiger partial charge in [0.2, 0.25) is 5.91 Å². The Hall–Kier alpha value is -1.62. The van der Waals surface area contributed by atoms with Crippen LogP contribution in [0, 0.1) is 5.92 Å². The van der Waals surface area contributed by atoms with Crippen LogP contribution in [0.4, 0.5) is 0 Å². The minimum Gasteiger partial charge on any atom is -0.386 e. The quantitative estimate of drug-likeness (QED) is 0.805. The van der Waals surface area contributed by atoms with Crippen molar-refractivity contribution < 1.29 is 9.90 Å². The van der Waals surface area contributed by atoms with E-state index in [0.717, 1.165) is 23.1 Å². The van der Waals surface area contributed by atoms with Gasteiger partial charge < -0.3 is 10.0 Å². The van der Waals surface area contributed by atoms with Crippen LogP contribution in [0.2, 0.25) is 10.0 Å². The molecule has 1 aromatic carbocycles. The zero-order valence-electron chi connectivity index (χ0n) is 14.7. The van der Waals surface area contributed by atoms with Gasteiger partial charge in [-0.25, -0.2) is 0 Å². The monoisotopic (exact) mass is 392 g/mol. The summed E-state index contributed by atoms with van der Waals surface area (Å²) in [7, 11) is 0. The number of aliphatic hydroxyl groups excluding tert-OH is 1. The summed E-state index contributed by atoms with van der Waals surface area (Å²) in [6.45, 7) is 2.91. The predicted molar refractivity (Wildman–Crippen MR) is 103 cm³/mol. The maximum absolute atomic E-state index is 13.1. The Kier molecular flexibility index (Phi) is 6.17. The molecular formula is C20H22Cl2N2O2. The van der Waals surface area contributed by atoms with Crippen molar-refractivity contribution in [2.75, 3.05) is 13.1 Å². The highest BCUT2D eigenvalue weighted by Crippen LogP contribution is 2.34. The van der Waals surface area contributed by atoms with Crippen LogP contribution in [0.5, 0.6) is 0 Å². The molecule has 0 radical (unpaired) electrons. The molecule has 1 aliphatic rings. The number of fused-ring (bicyclic) bond motifs is 1. The van der Waals surface area contributed by atoms with E-state index in [2.05, 4.69) is 4.98 Å². The van der Waals surface area contributed by atoms with Crippen LogP contribution < -0.4 is 0 Å². The molecule has 1 aromatic heterocycles. The van der Waals surface area contributed by atoms with E-state index in [1.54, 1.807) is 23.4 Å². The molecule has 1 amide bonds. The number of carbonyl (C=O) groups excluding carboxylic acids is 1. The molecule has 4 nitrogen and oxygen atoms in total. The van der Waals surface area contributed by atoms with Crippen LogP contribution in [-0.4, -0.2) is 34.0 Å². The van der Waals surface area contributed by atoms with Crippen LogP contribution in [0.1, 0.15) is 36.1 Å². The topological polar surface area (TPSA) is 53.4 Å². The lowest BCUT2D eigenvalue weighted by Crippen LogP contribution is -2.39. The van der Waals surface area contributed by atoms with Gasteiger partial charge in [-0.3, -0.25) is 9.78 Å². The van der Waals surface area contributed by atoms with Crippen molar-refractivity contribution >= 4 is 29.1 Å². The molecule has 138 valence electrons. The zero-order chi connectivity index (χ0) is 18.7. The van der Waals surface area contributed by atoms with Crippen LogP contribution in [0.3, 0.4) is 0 Å². The second-order valence-corrected chi connectivity index (χ2v) is 7.54. The van der Waals surface area contributed by atoms with Crippen molar-refractivity contribution in [3.8, 4) is 0 Å². The summed E-state index contributed by atoms with van der Waals surface area (Å²) in [6, 6.07) is 7.33. The number of rotatable bonds is 6. The lowest BCUT2D eigenvalue weighted by Gasteiger charge is -2.27. The summed E-state index contributed by atoms with van der Waals surface area (Å²) in [5.41, 5.74) is 2.89. The third-order valence-electron chi connectivity index (χ3n) is 4.79. The van der Waals surface area contributed by atoms with Crippen molar-refractivity contribution in [2.45, 2.75) is 32.3 Å². The predicted octanol–water partition coefficient (Wildman–Crippen LogP) is 4.08. The lowest BCUT2D eigenvalue weighted by atomic mass is 10.0. The number of pyridine rings is 1. The molecule has 3 rings (SSSR count). The first-order chi connectivity index (χ1) is 12.5. The van der Waals surface area contributed by atoms with Gasteiger partial charge in [0.1, 0.15) is 0 Å². The molecule has 0 spiro atoms. The fourth-order valence-electron chi connectivity index (χ4n) is 3.49. The third kappa shape index (κ3) is 4.20. The average Bonchev–Trinajstić information content (AvgIpc) is 3.04. The number of benzene rings is 1. The first-order valence-corrected chi connectivity index (χ1v) is 9.58. The Morgan fingerprint density at radius 1 is 1.31 bits per heavy atom. The molecule has 0 fully saturated rings. The van der Waals surface area contributed by atoms with E-state index in [9.17, 15) is 9.90 Å². The number of nitrogens with zero attached hydrogens (tertiary/aromatic N) is 2. The van der Waals surface area contributed by atoms with E-state index in [-0.39, 0.29) is 18.4 Å². The minimum absolute atomic E-state index is 0.0678. The summed E-state index contributed by atoms with van der Waals surface area (Å²) >= 11 is 12.2. The van der Waals surface area contributed by atoms with Gasteiger partial charge in [0.25, 0.3) is 0 Å². The molecule has 1 aliphatic carbocycles. The van der Waals surface area contributed by atoms with Crippen LogP contribution in [0.25, 0.3) is 0 Å². The number of hydrogen-bond donors (Lipinski definition) is 1. The number of hydrogen-bond acceptors (Lipinski definition) is 3. The van der Waals surface area contributed by atoms with Crippen LogP contribution >= 0.6 is 23.2 Å². The highest BCUT2D eigenvalue weighted by Gasteiger charge is 2.32. The summed E-state index contributed by atoms with van der Waals surface area (Å²) in [5, 5.41) is 11.5. The molecule has 2 aromatic rings. The van der Waals surface area contributed by atoms with Crippen molar-refractivity contribution in [1.82, 2.24) is 9.88 Å². The van der Waals surface area contributed by atoms with Gasteiger partial charge in [0.15, 0.2) is 0 Å². The SMILES string of the molecule is CCCN(C[C@@H](O)c1cccnc1)C(=O)C1Cc2cc(Cl)c(Cl)cc2C1. The Labute approximate surface area is 163 Å². The highest BCUT2D eigenvalue weighted by atomic mass is 35.5. The number of amides is 1. The zero-order valence-corrected chi connectivity index (χ0v) is 16.2. The largest absolute Gasteiger partial charge is 0.386 e. The first kappa shape index (κ1) is 19.2. The smallest absolute Gasteiger partial charge is 0.226 e. The maximum atomic E-state index is 13.1. The van der Waals surface area contributed by atoms with E-state index >= 15 is 0 Å². The molecule has 1 N–H and O–H groups in total. The van der Waals surface area contributed by atoms with E-state index in [1.807, 2.05) is 25.1 Å². The van der Waals surface area contributed by atoms with Gasteiger partial charge >= 0.3 is 0 Å². The average molecular weight is 393 g/mol. The van der Waals surface area contributed by atoms with Gasteiger partial charge in [-0.2, -0.15) is 0 Å². The molecule has 0 saturated heterocycles. The maximum Gasteiger partial charge on any atom is 0.226 e. The molecular weight excluding hydrogens is 371 g/mol. The molecule has 0 unspecified atom stereocenters. The summed E-state index contributed by atoms with van der Waals surface area (Å²) < 4.78 is 0. The first-order valence-electron chi connectivity index (χ1n) is 8.83. The van der Waals surface area contributed by atoms with E-state index in [1.165, 1.54) is 0 Å². The third-order valence-corrected chi connectivity index (χ3v) is 5.51. The number of aromatic nitrogens is 1. The number of carbonyl (C=O) groups is 1. The molecule has 1 atom stereocenters. The van der Waals surface area contributed by atoms with Gasteiger partial charge in [-0.1, -0.05) is 36.2 Å². The molecule has 0 saturated carbocycles. The van der Waals surface area contributed by atoms with Crippen LogP contribution in [-0.2, 0) is 17.6 Å². The fraction of sp³-hybridized carbons (Fsp3) is 0.400. The fourth-order valence-corrected chi connectivity index (χ4v) is 3.87. The second kappa shape index (κ2) is 8.38. The summed E-state index contributed by atoms with van der Waals surface area (Å²) in [5.74, 6) is -0.0644. The Balaban J connectivity index is 1.71. The Morgan fingerprint density at radius 2 is 1.96 bits per heavy atom. The van der Waals surface area contributed by atoms with Crippen molar-refractivity contribution in [3.05, 3.63) is 63.4 Å². The number of halogens is 2. The second-order valence-electron chi connectivity index (χ2n) is 6.73. The van der Waals surface area contributed by atoms with Gasteiger partial charge in [0, 0.05) is 30.4 Å². The lowest BCUT2D eigenvalue weighted by molar-refractivity contribution is -0.136. The molecule has 6 heteroatoms. The molecule has 26 heavy (non-hydrogen) atoms. The standard InChI is InChI=1S/C20H22Cl2N2O2/c1-2-6-24(12-19(25)13-4-3-5-23-11-13)20(26)16-7-14-9-17(21)18(22)10-15(14)8-16/h3-5,9-11,16,19,25H,2,6-8,12H2,1H3/t19-/m1/s1. The summed E-state index contributed by atoms with van der Waals surface area (Å²) in [6.07, 6.45) is 4.71. The van der Waals surface area contributed by atoms with E-state index in [4.69, 9.17) is 23.2 Å². The van der Waals surface area contributed by atoms with Crippen molar-refractivity contribution in [3.63, 3.8) is 0 Å². The van der Waals surface area contributed by atoms with Gasteiger partial charge in [-0.05, 0) is 48.6 Å². The van der Waals surface area contributed by atoms with Gasteiger partial charge in [-0.15, -0.1) is 0 Å². The van der Waals surface area contributed by atoms with Crippen molar-refractivity contribution in [2.24, 2.45) is 5.92 Å². The Bertz CT molecular complexity index is 752. The summed E-state index contributed by atoms with van der Waals surface area (Å²) in [4.78, 5) is 18.9. The normalized spacial score (nSPS) is 14.9. The number of aliphatic hydroxyl groups is 1. The molecule has 1 heterocycles. The highest BCUT2D eigenvalue weighted by molar-refractivity contribution is 6.42. The Morgan fingerprint density at radius 3 is 2.50 bits per heavy atom. The molecule has 0 bridgehead atoms.